The predicted molar refractivity (Wildman–Crippen MR) is 187 cm³/mol. The highest BCUT2D eigenvalue weighted by molar-refractivity contribution is 5.97. The van der Waals surface area contributed by atoms with E-state index in [1.807, 2.05) is 5.32 Å². The molecule has 0 aromatic rings. The van der Waals surface area contributed by atoms with Crippen molar-refractivity contribution in [1.29, 1.82) is 0 Å². The number of aliphatic carboxylic acids is 1. The Kier molecular flexibility index (Phi) is 19.5. The minimum atomic E-state index is -1.67. The number of hydrogen-bond acceptors (Lipinski definition) is 13. The zero-order valence-electron chi connectivity index (χ0n) is 31.1. The molecule has 1 aliphatic heterocycles. The molecule has 0 bridgehead atoms. The lowest BCUT2D eigenvalue weighted by molar-refractivity contribution is -0.144. The number of rotatable bonds is 22. The Balaban J connectivity index is 2.97. The fourth-order valence-electron chi connectivity index (χ4n) is 5.12. The maximum Gasteiger partial charge on any atom is 0.328 e. The molecule has 1 rings (SSSR count). The van der Waals surface area contributed by atoms with Crippen molar-refractivity contribution < 1.29 is 63.6 Å². The van der Waals surface area contributed by atoms with E-state index in [4.69, 9.17) is 10.8 Å². The summed E-state index contributed by atoms with van der Waals surface area (Å²) < 4.78 is 0. The molecular formula is C32H55N9O13. The van der Waals surface area contributed by atoms with Gasteiger partial charge in [-0.05, 0) is 59.4 Å². The van der Waals surface area contributed by atoms with Crippen molar-refractivity contribution in [1.82, 2.24) is 42.5 Å². The average molecular weight is 774 g/mol. The van der Waals surface area contributed by atoms with E-state index in [-0.39, 0.29) is 12.8 Å². The van der Waals surface area contributed by atoms with Crippen LogP contribution in [0.2, 0.25) is 0 Å². The van der Waals surface area contributed by atoms with Gasteiger partial charge in [0.15, 0.2) is 6.04 Å². The lowest BCUT2D eigenvalue weighted by Crippen LogP contribution is -2.62. The molecule has 0 spiro atoms. The Hall–Kier alpha value is -4.93. The van der Waals surface area contributed by atoms with Gasteiger partial charge in [0.05, 0.1) is 30.9 Å². The van der Waals surface area contributed by atoms with Gasteiger partial charge in [-0.25, -0.2) is 4.79 Å². The minimum Gasteiger partial charge on any atom is -0.480 e. The van der Waals surface area contributed by atoms with E-state index >= 15 is 0 Å². The lowest BCUT2D eigenvalue weighted by atomic mass is 10.0. The molecule has 14 N–H and O–H groups in total. The summed E-state index contributed by atoms with van der Waals surface area (Å²) in [4.78, 5) is 113. The topological polar surface area (TPSA) is 357 Å². The third kappa shape index (κ3) is 15.6. The number of carbonyl (C=O) groups excluding carboxylic acids is 8. The molecule has 22 heteroatoms. The van der Waals surface area contributed by atoms with Gasteiger partial charge in [0, 0.05) is 6.42 Å². The summed E-state index contributed by atoms with van der Waals surface area (Å²) in [6.07, 6.45) is -3.79. The first kappa shape index (κ1) is 47.1. The molecule has 0 radical (unpaired) electrons. The van der Waals surface area contributed by atoms with Crippen LogP contribution in [-0.4, -0.2) is 147 Å². The molecule has 22 nitrogen and oxygen atoms in total. The summed E-state index contributed by atoms with van der Waals surface area (Å²) >= 11 is 0. The molecule has 1 aliphatic rings. The van der Waals surface area contributed by atoms with E-state index in [1.54, 1.807) is 13.8 Å². The van der Waals surface area contributed by atoms with Crippen LogP contribution in [0.5, 0.6) is 0 Å². The molecule has 0 saturated carbocycles. The molecule has 0 aliphatic carbocycles. The predicted octanol–water partition coefficient (Wildman–Crippen LogP) is -6.07. The molecule has 54 heavy (non-hydrogen) atoms. The summed E-state index contributed by atoms with van der Waals surface area (Å²) in [7, 11) is 0. The molecule has 0 aromatic heterocycles. The highest BCUT2D eigenvalue weighted by Crippen LogP contribution is 2.08. The summed E-state index contributed by atoms with van der Waals surface area (Å²) in [6, 6.07) is -9.52. The molecule has 1 fully saturated rings. The van der Waals surface area contributed by atoms with Crippen LogP contribution in [-0.2, 0) is 43.2 Å². The first-order valence-corrected chi connectivity index (χ1v) is 17.4. The third-order valence-corrected chi connectivity index (χ3v) is 8.30. The quantitative estimate of drug-likeness (QED) is 0.0487. The van der Waals surface area contributed by atoms with Gasteiger partial charge in [-0.2, -0.15) is 0 Å². The molecular weight excluding hydrogens is 718 g/mol. The zero-order chi connectivity index (χ0) is 41.4. The van der Waals surface area contributed by atoms with Gasteiger partial charge < -0.3 is 68.7 Å². The van der Waals surface area contributed by atoms with Crippen molar-refractivity contribution in [3.63, 3.8) is 0 Å². The van der Waals surface area contributed by atoms with Crippen molar-refractivity contribution in [2.75, 3.05) is 13.1 Å². The minimum absolute atomic E-state index is 0.325. The van der Waals surface area contributed by atoms with Crippen LogP contribution in [0.3, 0.4) is 0 Å². The molecule has 10 atom stereocenters. The van der Waals surface area contributed by atoms with Gasteiger partial charge in [0.25, 0.3) is 0 Å². The molecule has 1 saturated heterocycles. The first-order chi connectivity index (χ1) is 25.1. The van der Waals surface area contributed by atoms with E-state index in [9.17, 15) is 58.5 Å². The highest BCUT2D eigenvalue weighted by atomic mass is 16.4. The SMILES string of the molecule is CC(C)[C@H](NC(=O)[C@H](C)NC(=O)[C@@H](NC(=O)[C@@H](NC(=O)[C@@H]1CCCN1)[C@@H](C)O)[C@@H](C)O)C(=O)N[C@@H](CCC(N)=O)C(=O)NCC(=O)N[C@H](C(=O)O)[C@@H](C)O. The second-order valence-electron chi connectivity index (χ2n) is 13.5. The van der Waals surface area contributed by atoms with Crippen LogP contribution in [0.1, 0.15) is 67.2 Å². The fourth-order valence-corrected chi connectivity index (χ4v) is 5.12. The highest BCUT2D eigenvalue weighted by Gasteiger charge is 2.36. The lowest BCUT2D eigenvalue weighted by Gasteiger charge is -2.28. The largest absolute Gasteiger partial charge is 0.480 e. The average Bonchev–Trinajstić information content (AvgIpc) is 3.62. The number of amides is 8. The summed E-state index contributed by atoms with van der Waals surface area (Å²) in [5.41, 5.74) is 5.20. The first-order valence-electron chi connectivity index (χ1n) is 17.4. The number of primary amides is 1. The van der Waals surface area contributed by atoms with Crippen molar-refractivity contribution in [3.8, 4) is 0 Å². The monoisotopic (exact) mass is 773 g/mol. The number of nitrogens with two attached hydrogens (primary N) is 1. The van der Waals surface area contributed by atoms with Crippen molar-refractivity contribution in [3.05, 3.63) is 0 Å². The maximum absolute atomic E-state index is 13.3. The number of nitrogens with one attached hydrogen (secondary N) is 8. The van der Waals surface area contributed by atoms with E-state index in [0.29, 0.717) is 13.0 Å². The molecule has 306 valence electrons. The Bertz CT molecular complexity index is 1370. The number of carboxylic acid groups (broad SMARTS) is 1. The van der Waals surface area contributed by atoms with Gasteiger partial charge in [-0.1, -0.05) is 13.8 Å². The number of hydrogen-bond donors (Lipinski definition) is 13. The zero-order valence-corrected chi connectivity index (χ0v) is 31.1. The van der Waals surface area contributed by atoms with Crippen LogP contribution in [0.15, 0.2) is 0 Å². The van der Waals surface area contributed by atoms with E-state index < -0.39 is 126 Å². The number of aliphatic hydroxyl groups is 3. The Morgan fingerprint density at radius 1 is 0.667 bits per heavy atom. The number of carbonyl (C=O) groups is 9. The van der Waals surface area contributed by atoms with Crippen molar-refractivity contribution >= 4 is 53.2 Å². The molecule has 0 aromatic carbocycles. The maximum atomic E-state index is 13.3. The van der Waals surface area contributed by atoms with Crippen LogP contribution in [0, 0.1) is 5.92 Å². The summed E-state index contributed by atoms with van der Waals surface area (Å²) in [5, 5.41) is 58.2. The fraction of sp³-hybridized carbons (Fsp3) is 0.719. The van der Waals surface area contributed by atoms with Crippen molar-refractivity contribution in [2.24, 2.45) is 11.7 Å². The number of aliphatic hydroxyl groups excluding tert-OH is 3. The van der Waals surface area contributed by atoms with Crippen LogP contribution in [0.25, 0.3) is 0 Å². The normalized spacial score (nSPS) is 18.9. The molecule has 0 unspecified atom stereocenters. The molecule has 8 amide bonds. The smallest absolute Gasteiger partial charge is 0.328 e. The Morgan fingerprint density at radius 3 is 1.67 bits per heavy atom. The van der Waals surface area contributed by atoms with E-state index in [2.05, 4.69) is 37.2 Å². The second kappa shape index (κ2) is 22.3. The summed E-state index contributed by atoms with van der Waals surface area (Å²) in [5.74, 6) is -9.24. The van der Waals surface area contributed by atoms with Crippen LogP contribution >= 0.6 is 0 Å². The summed E-state index contributed by atoms with van der Waals surface area (Å²) in [6.45, 7) is 7.76. The third-order valence-electron chi connectivity index (χ3n) is 8.30. The van der Waals surface area contributed by atoms with E-state index in [0.717, 1.165) is 13.3 Å². The van der Waals surface area contributed by atoms with Gasteiger partial charge >= 0.3 is 5.97 Å². The van der Waals surface area contributed by atoms with Gasteiger partial charge in [-0.15, -0.1) is 0 Å². The Labute approximate surface area is 311 Å². The van der Waals surface area contributed by atoms with Gasteiger partial charge in [0.1, 0.15) is 30.2 Å². The van der Waals surface area contributed by atoms with Gasteiger partial charge in [0.2, 0.25) is 47.3 Å². The molecule has 1 heterocycles. The van der Waals surface area contributed by atoms with Crippen LogP contribution < -0.4 is 48.3 Å². The van der Waals surface area contributed by atoms with E-state index in [1.165, 1.54) is 20.8 Å². The van der Waals surface area contributed by atoms with Gasteiger partial charge in [-0.3, -0.25) is 38.4 Å². The second-order valence-corrected chi connectivity index (χ2v) is 13.5. The Morgan fingerprint density at radius 2 is 1.19 bits per heavy atom. The van der Waals surface area contributed by atoms with Crippen molar-refractivity contribution in [2.45, 2.75) is 128 Å². The standard InChI is InChI=1S/C32H55N9O13/c1-13(2)22(29(50)37-19(9-10-20(33)45)27(48)35-12-21(46)38-25(17(6)44)32(53)54)39-26(47)14(3)36-30(51)23(15(4)42)41-31(52)24(16(5)43)40-28(49)18-8-7-11-34-18/h13-19,22-25,34,42-44H,7-12H2,1-6H3,(H2,33,45)(H,35,48)(H,36,51)(H,37,50)(H,38,46)(H,39,47)(H,40,49)(H,41,52)(H,53,54)/t14-,15+,16+,17+,18-,19-,22-,23-,24-,25-/m0/s1. The van der Waals surface area contributed by atoms with Crippen LogP contribution in [0.4, 0.5) is 0 Å². The number of carboxylic acids is 1.